The summed E-state index contributed by atoms with van der Waals surface area (Å²) >= 11 is 0. The molecule has 0 radical (unpaired) electrons. The number of hydrogen-bond acceptors (Lipinski definition) is 2. The molecular formula is C13H14O2. The summed E-state index contributed by atoms with van der Waals surface area (Å²) in [5.41, 5.74) is 2.20. The van der Waals surface area contributed by atoms with Crippen LogP contribution >= 0.6 is 0 Å². The van der Waals surface area contributed by atoms with Gasteiger partial charge in [-0.1, -0.05) is 12.1 Å². The molecule has 15 heavy (non-hydrogen) atoms. The zero-order valence-electron chi connectivity index (χ0n) is 9.16. The van der Waals surface area contributed by atoms with Gasteiger partial charge in [0.1, 0.15) is 11.5 Å². The van der Waals surface area contributed by atoms with Crippen LogP contribution in [-0.4, -0.2) is 12.2 Å². The molecule has 0 atom stereocenters. The number of hydrogen-bond donors (Lipinski definition) is 1. The van der Waals surface area contributed by atoms with E-state index in [9.17, 15) is 5.11 Å². The third kappa shape index (κ3) is 1.52. The number of fused-ring (bicyclic) bond motifs is 1. The van der Waals surface area contributed by atoms with Crippen molar-refractivity contribution in [2.45, 2.75) is 13.8 Å². The van der Waals surface area contributed by atoms with Gasteiger partial charge >= 0.3 is 0 Å². The molecule has 2 aromatic carbocycles. The molecule has 1 N–H and O–H groups in total. The number of aromatic hydroxyl groups is 1. The van der Waals surface area contributed by atoms with Crippen molar-refractivity contribution in [1.82, 2.24) is 0 Å². The van der Waals surface area contributed by atoms with Gasteiger partial charge in [0.2, 0.25) is 0 Å². The maximum absolute atomic E-state index is 9.91. The quantitative estimate of drug-likeness (QED) is 0.769. The van der Waals surface area contributed by atoms with Crippen molar-refractivity contribution in [3.63, 3.8) is 0 Å². The molecule has 0 saturated carbocycles. The lowest BCUT2D eigenvalue weighted by atomic mass is 10.0. The van der Waals surface area contributed by atoms with E-state index >= 15 is 0 Å². The summed E-state index contributed by atoms with van der Waals surface area (Å²) < 4.78 is 5.24. The van der Waals surface area contributed by atoms with Crippen molar-refractivity contribution in [1.29, 1.82) is 0 Å². The lowest BCUT2D eigenvalue weighted by molar-refractivity contribution is 0.416. The Morgan fingerprint density at radius 1 is 1.13 bits per heavy atom. The van der Waals surface area contributed by atoms with Crippen LogP contribution in [0, 0.1) is 13.8 Å². The van der Waals surface area contributed by atoms with E-state index in [0.717, 1.165) is 21.9 Å². The molecule has 0 spiro atoms. The molecule has 0 aliphatic heterocycles. The van der Waals surface area contributed by atoms with Crippen LogP contribution in [0.2, 0.25) is 0 Å². The maximum atomic E-state index is 9.91. The highest BCUT2D eigenvalue weighted by Gasteiger charge is 2.08. The summed E-state index contributed by atoms with van der Waals surface area (Å²) in [4.78, 5) is 0. The topological polar surface area (TPSA) is 29.5 Å². The van der Waals surface area contributed by atoms with Gasteiger partial charge < -0.3 is 9.84 Å². The molecule has 2 nitrogen and oxygen atoms in total. The van der Waals surface area contributed by atoms with Gasteiger partial charge in [-0.05, 0) is 42.5 Å². The van der Waals surface area contributed by atoms with E-state index in [-0.39, 0.29) is 5.75 Å². The summed E-state index contributed by atoms with van der Waals surface area (Å²) in [6, 6.07) is 7.70. The highest BCUT2D eigenvalue weighted by molar-refractivity contribution is 5.96. The molecule has 2 aromatic rings. The predicted octanol–water partition coefficient (Wildman–Crippen LogP) is 3.17. The number of ether oxygens (including phenoxy) is 1. The van der Waals surface area contributed by atoms with Crippen molar-refractivity contribution in [3.05, 3.63) is 35.4 Å². The molecular weight excluding hydrogens is 188 g/mol. The number of rotatable bonds is 1. The van der Waals surface area contributed by atoms with Crippen molar-refractivity contribution < 1.29 is 9.84 Å². The normalized spacial score (nSPS) is 10.6. The largest absolute Gasteiger partial charge is 0.507 e. The van der Waals surface area contributed by atoms with Gasteiger partial charge in [0.15, 0.2) is 0 Å². The lowest BCUT2D eigenvalue weighted by Crippen LogP contribution is -1.88. The Bertz CT molecular complexity index is 515. The third-order valence-electron chi connectivity index (χ3n) is 2.64. The molecule has 0 aromatic heterocycles. The first-order valence-corrected chi connectivity index (χ1v) is 4.90. The van der Waals surface area contributed by atoms with Crippen LogP contribution in [0.3, 0.4) is 0 Å². The van der Waals surface area contributed by atoms with Gasteiger partial charge in [0.05, 0.1) is 12.5 Å². The Morgan fingerprint density at radius 2 is 1.87 bits per heavy atom. The standard InChI is InChI=1S/C13H14O2/c1-8-6-10-9(2)4-5-12(15-3)13(10)11(14)7-8/h4-7,14H,1-3H3. The lowest BCUT2D eigenvalue weighted by Gasteiger charge is -2.10. The Morgan fingerprint density at radius 3 is 2.53 bits per heavy atom. The first-order chi connectivity index (χ1) is 7.13. The molecule has 2 rings (SSSR count). The molecule has 0 unspecified atom stereocenters. The monoisotopic (exact) mass is 202 g/mol. The minimum Gasteiger partial charge on any atom is -0.507 e. The minimum atomic E-state index is 0.283. The molecule has 0 bridgehead atoms. The molecule has 0 fully saturated rings. The Labute approximate surface area is 89.1 Å². The molecule has 0 aliphatic rings. The summed E-state index contributed by atoms with van der Waals surface area (Å²) in [6.07, 6.45) is 0. The van der Waals surface area contributed by atoms with Crippen LogP contribution in [0.5, 0.6) is 11.5 Å². The molecule has 0 saturated heterocycles. The average Bonchev–Trinajstić information content (AvgIpc) is 2.19. The van der Waals surface area contributed by atoms with E-state index in [1.807, 2.05) is 26.0 Å². The van der Waals surface area contributed by atoms with Crippen LogP contribution in [0.4, 0.5) is 0 Å². The van der Waals surface area contributed by atoms with Gasteiger partial charge in [-0.3, -0.25) is 0 Å². The fraction of sp³-hybridized carbons (Fsp3) is 0.231. The second-order valence-corrected chi connectivity index (χ2v) is 3.79. The Balaban J connectivity index is 2.93. The summed E-state index contributed by atoms with van der Waals surface area (Å²) in [6.45, 7) is 4.00. The smallest absolute Gasteiger partial charge is 0.130 e. The number of aryl methyl sites for hydroxylation is 2. The van der Waals surface area contributed by atoms with Crippen LogP contribution in [0.25, 0.3) is 10.8 Å². The van der Waals surface area contributed by atoms with Gasteiger partial charge in [-0.2, -0.15) is 0 Å². The number of phenols is 1. The second-order valence-electron chi connectivity index (χ2n) is 3.79. The summed E-state index contributed by atoms with van der Waals surface area (Å²) in [5.74, 6) is 0.999. The zero-order chi connectivity index (χ0) is 11.0. The van der Waals surface area contributed by atoms with Gasteiger partial charge in [0, 0.05) is 0 Å². The first kappa shape index (κ1) is 9.84. The third-order valence-corrected chi connectivity index (χ3v) is 2.64. The summed E-state index contributed by atoms with van der Waals surface area (Å²) in [5, 5.41) is 11.8. The van der Waals surface area contributed by atoms with E-state index in [1.165, 1.54) is 0 Å². The van der Waals surface area contributed by atoms with E-state index < -0.39 is 0 Å². The van der Waals surface area contributed by atoms with E-state index in [4.69, 9.17) is 4.74 Å². The fourth-order valence-corrected chi connectivity index (χ4v) is 1.88. The van der Waals surface area contributed by atoms with E-state index in [1.54, 1.807) is 13.2 Å². The van der Waals surface area contributed by atoms with Gasteiger partial charge in [-0.25, -0.2) is 0 Å². The van der Waals surface area contributed by atoms with Crippen molar-refractivity contribution >= 4 is 10.8 Å². The second kappa shape index (κ2) is 3.46. The van der Waals surface area contributed by atoms with Crippen molar-refractivity contribution in [2.24, 2.45) is 0 Å². The van der Waals surface area contributed by atoms with E-state index in [0.29, 0.717) is 5.75 Å². The Kier molecular flexibility index (Phi) is 2.27. The molecule has 0 amide bonds. The molecule has 2 heteroatoms. The fourth-order valence-electron chi connectivity index (χ4n) is 1.88. The zero-order valence-corrected chi connectivity index (χ0v) is 9.16. The van der Waals surface area contributed by atoms with Gasteiger partial charge in [-0.15, -0.1) is 0 Å². The van der Waals surface area contributed by atoms with Crippen molar-refractivity contribution in [3.8, 4) is 11.5 Å². The number of phenolic OH excluding ortho intramolecular Hbond substituents is 1. The van der Waals surface area contributed by atoms with Crippen molar-refractivity contribution in [2.75, 3.05) is 7.11 Å². The molecule has 78 valence electrons. The van der Waals surface area contributed by atoms with Gasteiger partial charge in [0.25, 0.3) is 0 Å². The number of methoxy groups -OCH3 is 1. The first-order valence-electron chi connectivity index (χ1n) is 4.90. The predicted molar refractivity (Wildman–Crippen MR) is 61.6 cm³/mol. The highest BCUT2D eigenvalue weighted by Crippen LogP contribution is 2.35. The number of benzene rings is 2. The SMILES string of the molecule is COc1ccc(C)c2cc(C)cc(O)c12. The molecule has 0 heterocycles. The van der Waals surface area contributed by atoms with Crippen LogP contribution < -0.4 is 4.74 Å². The minimum absolute atomic E-state index is 0.283. The van der Waals surface area contributed by atoms with Crippen LogP contribution in [-0.2, 0) is 0 Å². The van der Waals surface area contributed by atoms with E-state index in [2.05, 4.69) is 6.07 Å². The maximum Gasteiger partial charge on any atom is 0.130 e. The molecule has 0 aliphatic carbocycles. The Hall–Kier alpha value is -1.70. The van der Waals surface area contributed by atoms with Crippen LogP contribution in [0.15, 0.2) is 24.3 Å². The van der Waals surface area contributed by atoms with Crippen LogP contribution in [0.1, 0.15) is 11.1 Å². The average molecular weight is 202 g/mol. The summed E-state index contributed by atoms with van der Waals surface area (Å²) in [7, 11) is 1.61. The highest BCUT2D eigenvalue weighted by atomic mass is 16.5.